The van der Waals surface area contributed by atoms with Crippen LogP contribution in [0.25, 0.3) is 12.2 Å². The van der Waals surface area contributed by atoms with Crippen molar-refractivity contribution >= 4 is 17.8 Å². The highest BCUT2D eigenvalue weighted by Gasteiger charge is 2.00. The number of nitrogens with zero attached hydrogens (tertiary/aromatic N) is 1. The Hall–Kier alpha value is -2.42. The van der Waals surface area contributed by atoms with Crippen LogP contribution in [-0.2, 0) is 0 Å². The van der Waals surface area contributed by atoms with Crippen molar-refractivity contribution in [2.75, 3.05) is 26.1 Å². The fourth-order valence-corrected chi connectivity index (χ4v) is 1.89. The van der Waals surface area contributed by atoms with E-state index in [-0.39, 0.29) is 5.75 Å². The summed E-state index contributed by atoms with van der Waals surface area (Å²) in [4.78, 5) is 2.06. The molecule has 104 valence electrons. The Bertz CT molecular complexity index is 601. The van der Waals surface area contributed by atoms with Crippen LogP contribution in [0.4, 0.5) is 5.69 Å². The zero-order valence-electron chi connectivity index (χ0n) is 12.0. The molecule has 0 fully saturated rings. The number of hydrogen-bond acceptors (Lipinski definition) is 3. The van der Waals surface area contributed by atoms with Crippen molar-refractivity contribution in [3.8, 4) is 11.5 Å². The van der Waals surface area contributed by atoms with Crippen LogP contribution >= 0.6 is 0 Å². The molecule has 1 N–H and O–H groups in total. The fourth-order valence-electron chi connectivity index (χ4n) is 1.89. The summed E-state index contributed by atoms with van der Waals surface area (Å²) >= 11 is 0. The van der Waals surface area contributed by atoms with Crippen molar-refractivity contribution in [1.29, 1.82) is 0 Å². The first-order valence-electron chi connectivity index (χ1n) is 6.42. The topological polar surface area (TPSA) is 32.7 Å². The fraction of sp³-hybridized carbons (Fsp3) is 0.176. The number of rotatable bonds is 4. The van der Waals surface area contributed by atoms with Gasteiger partial charge < -0.3 is 14.7 Å². The van der Waals surface area contributed by atoms with E-state index < -0.39 is 0 Å². The van der Waals surface area contributed by atoms with Gasteiger partial charge in [-0.15, -0.1) is 0 Å². The zero-order valence-corrected chi connectivity index (χ0v) is 12.0. The molecule has 3 nitrogen and oxygen atoms in total. The Morgan fingerprint density at radius 3 is 2.10 bits per heavy atom. The van der Waals surface area contributed by atoms with E-state index in [9.17, 15) is 5.11 Å². The lowest BCUT2D eigenvalue weighted by atomic mass is 10.1. The summed E-state index contributed by atoms with van der Waals surface area (Å²) in [5, 5.41) is 9.72. The van der Waals surface area contributed by atoms with Gasteiger partial charge in [0, 0.05) is 19.8 Å². The quantitative estimate of drug-likeness (QED) is 0.860. The maximum atomic E-state index is 9.72. The van der Waals surface area contributed by atoms with Crippen molar-refractivity contribution < 1.29 is 9.84 Å². The number of phenols is 1. The number of hydrogen-bond donors (Lipinski definition) is 1. The van der Waals surface area contributed by atoms with Gasteiger partial charge in [0.2, 0.25) is 0 Å². The average Bonchev–Trinajstić information content (AvgIpc) is 2.45. The minimum atomic E-state index is 0.151. The summed E-state index contributed by atoms with van der Waals surface area (Å²) < 4.78 is 5.02. The summed E-state index contributed by atoms with van der Waals surface area (Å²) in [6.07, 6.45) is 3.98. The maximum Gasteiger partial charge on any atom is 0.160 e. The highest BCUT2D eigenvalue weighted by atomic mass is 16.5. The molecule has 2 aromatic rings. The predicted molar refractivity (Wildman–Crippen MR) is 84.4 cm³/mol. The van der Waals surface area contributed by atoms with Gasteiger partial charge in [-0.25, -0.2) is 0 Å². The first-order valence-corrected chi connectivity index (χ1v) is 6.42. The minimum Gasteiger partial charge on any atom is -0.504 e. The normalized spacial score (nSPS) is 10.8. The third kappa shape index (κ3) is 3.32. The first-order chi connectivity index (χ1) is 9.60. The Kier molecular flexibility index (Phi) is 4.31. The summed E-state index contributed by atoms with van der Waals surface area (Å²) in [6, 6.07) is 13.6. The second kappa shape index (κ2) is 6.15. The van der Waals surface area contributed by atoms with Gasteiger partial charge in [-0.2, -0.15) is 0 Å². The average molecular weight is 269 g/mol. The van der Waals surface area contributed by atoms with Crippen LogP contribution in [0.2, 0.25) is 0 Å². The van der Waals surface area contributed by atoms with E-state index >= 15 is 0 Å². The highest BCUT2D eigenvalue weighted by Crippen LogP contribution is 2.27. The molecule has 0 aliphatic carbocycles. The maximum absolute atomic E-state index is 9.72. The van der Waals surface area contributed by atoms with Crippen molar-refractivity contribution in [3.63, 3.8) is 0 Å². The van der Waals surface area contributed by atoms with E-state index in [1.807, 2.05) is 32.3 Å². The Morgan fingerprint density at radius 1 is 0.950 bits per heavy atom. The van der Waals surface area contributed by atoms with E-state index in [0.717, 1.165) is 11.1 Å². The molecule has 0 aromatic heterocycles. The molecule has 0 amide bonds. The molecule has 0 radical (unpaired) electrons. The monoisotopic (exact) mass is 269 g/mol. The molecule has 0 aliphatic rings. The number of benzene rings is 2. The lowest BCUT2D eigenvalue weighted by molar-refractivity contribution is 0.373. The molecule has 2 aromatic carbocycles. The van der Waals surface area contributed by atoms with Gasteiger partial charge in [0.05, 0.1) is 7.11 Å². The van der Waals surface area contributed by atoms with Crippen LogP contribution in [0.1, 0.15) is 11.1 Å². The first kappa shape index (κ1) is 14.0. The number of anilines is 1. The van der Waals surface area contributed by atoms with Gasteiger partial charge >= 0.3 is 0 Å². The molecule has 0 bridgehead atoms. The lowest BCUT2D eigenvalue weighted by Gasteiger charge is -2.11. The molecular formula is C17H19NO2. The number of ether oxygens (including phenoxy) is 1. The third-order valence-corrected chi connectivity index (χ3v) is 3.08. The molecule has 0 spiro atoms. The number of methoxy groups -OCH3 is 1. The smallest absolute Gasteiger partial charge is 0.160 e. The molecule has 0 saturated heterocycles. The second-order valence-electron chi connectivity index (χ2n) is 4.75. The van der Waals surface area contributed by atoms with E-state index in [2.05, 4.69) is 29.2 Å². The third-order valence-electron chi connectivity index (χ3n) is 3.08. The van der Waals surface area contributed by atoms with E-state index in [1.54, 1.807) is 12.1 Å². The van der Waals surface area contributed by atoms with Crippen molar-refractivity contribution in [3.05, 3.63) is 53.6 Å². The Balaban J connectivity index is 2.14. The van der Waals surface area contributed by atoms with Crippen LogP contribution in [0.3, 0.4) is 0 Å². The molecule has 0 heterocycles. The standard InChI is InChI=1S/C17H19NO2/c1-18(2)15-9-6-13(7-10-15)4-5-14-8-11-17(20-3)16(19)12-14/h4-12,19H,1-3H3/b5-4+. The summed E-state index contributed by atoms with van der Waals surface area (Å²) in [5.41, 5.74) is 3.22. The van der Waals surface area contributed by atoms with Crippen molar-refractivity contribution in [2.45, 2.75) is 0 Å². The molecule has 0 aliphatic heterocycles. The predicted octanol–water partition coefficient (Wildman–Crippen LogP) is 3.64. The van der Waals surface area contributed by atoms with Gasteiger partial charge in [-0.1, -0.05) is 30.4 Å². The molecular weight excluding hydrogens is 250 g/mol. The van der Waals surface area contributed by atoms with E-state index in [4.69, 9.17) is 4.74 Å². The van der Waals surface area contributed by atoms with Crippen LogP contribution in [0.5, 0.6) is 11.5 Å². The van der Waals surface area contributed by atoms with Crippen LogP contribution < -0.4 is 9.64 Å². The van der Waals surface area contributed by atoms with Gasteiger partial charge in [0.1, 0.15) is 0 Å². The molecule has 0 saturated carbocycles. The van der Waals surface area contributed by atoms with Crippen LogP contribution in [0.15, 0.2) is 42.5 Å². The molecule has 0 unspecified atom stereocenters. The van der Waals surface area contributed by atoms with Crippen molar-refractivity contribution in [2.24, 2.45) is 0 Å². The molecule has 20 heavy (non-hydrogen) atoms. The van der Waals surface area contributed by atoms with E-state index in [0.29, 0.717) is 5.75 Å². The zero-order chi connectivity index (χ0) is 14.5. The van der Waals surface area contributed by atoms with E-state index in [1.165, 1.54) is 12.8 Å². The largest absolute Gasteiger partial charge is 0.504 e. The van der Waals surface area contributed by atoms with Gasteiger partial charge in [0.25, 0.3) is 0 Å². The van der Waals surface area contributed by atoms with Gasteiger partial charge in [0.15, 0.2) is 11.5 Å². The summed E-state index contributed by atoms with van der Waals surface area (Å²) in [6.45, 7) is 0. The molecule has 0 atom stereocenters. The Morgan fingerprint density at radius 2 is 1.55 bits per heavy atom. The van der Waals surface area contributed by atoms with Crippen LogP contribution in [-0.4, -0.2) is 26.3 Å². The molecule has 2 rings (SSSR count). The lowest BCUT2D eigenvalue weighted by Crippen LogP contribution is -2.07. The SMILES string of the molecule is COc1ccc(/C=C/c2ccc(N(C)C)cc2)cc1O. The van der Waals surface area contributed by atoms with Gasteiger partial charge in [-0.3, -0.25) is 0 Å². The summed E-state index contributed by atoms with van der Waals surface area (Å²) in [5.74, 6) is 0.634. The second-order valence-corrected chi connectivity index (χ2v) is 4.75. The molecule has 3 heteroatoms. The minimum absolute atomic E-state index is 0.151. The summed E-state index contributed by atoms with van der Waals surface area (Å²) in [7, 11) is 5.58. The number of aromatic hydroxyl groups is 1. The van der Waals surface area contributed by atoms with Crippen LogP contribution in [0, 0.1) is 0 Å². The highest BCUT2D eigenvalue weighted by molar-refractivity contribution is 5.71. The van der Waals surface area contributed by atoms with Crippen molar-refractivity contribution in [1.82, 2.24) is 0 Å². The van der Waals surface area contributed by atoms with Gasteiger partial charge in [-0.05, 0) is 35.4 Å². The Labute approximate surface area is 119 Å². The number of phenolic OH excluding ortho intramolecular Hbond substituents is 1.